The lowest BCUT2D eigenvalue weighted by atomic mass is 10.0. The number of anilines is 1. The van der Waals surface area contributed by atoms with Crippen LogP contribution in [0.3, 0.4) is 0 Å². The fraction of sp³-hybridized carbons (Fsp3) is 0.500. The van der Waals surface area contributed by atoms with E-state index in [-0.39, 0.29) is 18.4 Å². The number of carbonyl (C=O) groups is 2. The zero-order valence-electron chi connectivity index (χ0n) is 13.7. The molecular formula is C16H21ClN2O4. The summed E-state index contributed by atoms with van der Waals surface area (Å²) in [4.78, 5) is 26.9. The van der Waals surface area contributed by atoms with Crippen LogP contribution in [0.5, 0.6) is 5.75 Å². The second kappa shape index (κ2) is 6.28. The van der Waals surface area contributed by atoms with E-state index in [0.717, 1.165) is 0 Å². The molecule has 1 N–H and O–H groups in total. The second-order valence-electron chi connectivity index (χ2n) is 6.50. The summed E-state index contributed by atoms with van der Waals surface area (Å²) in [6.45, 7) is 5.77. The summed E-state index contributed by atoms with van der Waals surface area (Å²) >= 11 is 6.01. The van der Waals surface area contributed by atoms with Gasteiger partial charge in [-0.2, -0.15) is 0 Å². The van der Waals surface area contributed by atoms with Crippen LogP contribution >= 0.6 is 11.6 Å². The van der Waals surface area contributed by atoms with E-state index >= 15 is 0 Å². The molecule has 0 radical (unpaired) electrons. The van der Waals surface area contributed by atoms with Crippen molar-refractivity contribution < 1.29 is 19.4 Å². The predicted molar refractivity (Wildman–Crippen MR) is 88.4 cm³/mol. The van der Waals surface area contributed by atoms with E-state index in [4.69, 9.17) is 16.3 Å². The van der Waals surface area contributed by atoms with Gasteiger partial charge in [0.2, 0.25) is 5.91 Å². The number of carboxylic acid groups (broad SMARTS) is 1. The third-order valence-corrected chi connectivity index (χ3v) is 4.16. The molecule has 7 heteroatoms. The zero-order chi connectivity index (χ0) is 17.4. The SMILES string of the molecule is COc1cc(N2CC(N(C(=O)O)C(C)(C)C)CC2=O)ccc1Cl. The maximum absolute atomic E-state index is 12.4. The van der Waals surface area contributed by atoms with Crippen molar-refractivity contribution in [3.8, 4) is 5.75 Å². The molecule has 1 aliphatic rings. The monoisotopic (exact) mass is 340 g/mol. The Labute approximate surface area is 140 Å². The summed E-state index contributed by atoms with van der Waals surface area (Å²) < 4.78 is 5.17. The maximum atomic E-state index is 12.4. The number of hydrogen-bond acceptors (Lipinski definition) is 3. The average molecular weight is 341 g/mol. The van der Waals surface area contributed by atoms with Gasteiger partial charge in [-0.05, 0) is 32.9 Å². The van der Waals surface area contributed by atoms with Crippen molar-refractivity contribution in [1.82, 2.24) is 4.90 Å². The Hall–Kier alpha value is -1.95. The van der Waals surface area contributed by atoms with Gasteiger partial charge in [0.1, 0.15) is 5.75 Å². The van der Waals surface area contributed by atoms with Crippen molar-refractivity contribution in [3.05, 3.63) is 23.2 Å². The molecule has 2 rings (SSSR count). The first-order chi connectivity index (χ1) is 10.6. The van der Waals surface area contributed by atoms with Gasteiger partial charge in [-0.3, -0.25) is 9.69 Å². The van der Waals surface area contributed by atoms with Crippen molar-refractivity contribution >= 4 is 29.3 Å². The Bertz CT molecular complexity index is 627. The fourth-order valence-electron chi connectivity index (χ4n) is 2.92. The Morgan fingerprint density at radius 3 is 2.61 bits per heavy atom. The lowest BCUT2D eigenvalue weighted by Crippen LogP contribution is -2.52. The van der Waals surface area contributed by atoms with E-state index in [1.807, 2.05) is 20.8 Å². The highest BCUT2D eigenvalue weighted by Crippen LogP contribution is 2.33. The summed E-state index contributed by atoms with van der Waals surface area (Å²) in [5, 5.41) is 9.95. The van der Waals surface area contributed by atoms with Crippen molar-refractivity contribution in [3.63, 3.8) is 0 Å². The minimum Gasteiger partial charge on any atom is -0.495 e. The van der Waals surface area contributed by atoms with Gasteiger partial charge in [-0.15, -0.1) is 0 Å². The van der Waals surface area contributed by atoms with E-state index < -0.39 is 11.6 Å². The molecule has 1 heterocycles. The maximum Gasteiger partial charge on any atom is 0.408 e. The van der Waals surface area contributed by atoms with Gasteiger partial charge in [0.25, 0.3) is 0 Å². The number of benzene rings is 1. The predicted octanol–water partition coefficient (Wildman–Crippen LogP) is 3.23. The van der Waals surface area contributed by atoms with E-state index in [1.54, 1.807) is 23.1 Å². The van der Waals surface area contributed by atoms with E-state index in [0.29, 0.717) is 23.0 Å². The molecule has 1 unspecified atom stereocenters. The van der Waals surface area contributed by atoms with Gasteiger partial charge < -0.3 is 14.7 Å². The van der Waals surface area contributed by atoms with Crippen LogP contribution in [0.15, 0.2) is 18.2 Å². The minimum absolute atomic E-state index is 0.116. The molecular weight excluding hydrogens is 320 g/mol. The molecule has 1 aromatic rings. The van der Waals surface area contributed by atoms with Crippen LogP contribution in [0.1, 0.15) is 27.2 Å². The molecule has 23 heavy (non-hydrogen) atoms. The molecule has 1 aromatic carbocycles. The number of methoxy groups -OCH3 is 1. The number of carbonyl (C=O) groups excluding carboxylic acids is 1. The molecule has 126 valence electrons. The summed E-state index contributed by atoms with van der Waals surface area (Å²) in [6.07, 6.45) is -0.861. The molecule has 0 spiro atoms. The zero-order valence-corrected chi connectivity index (χ0v) is 14.4. The van der Waals surface area contributed by atoms with Crippen LogP contribution in [0.2, 0.25) is 5.02 Å². The standard InChI is InChI=1S/C16H21ClN2O4/c1-16(2,3)19(15(21)22)11-8-14(20)18(9-11)10-5-6-12(17)13(7-10)23-4/h5-7,11H,8-9H2,1-4H3,(H,21,22). The van der Waals surface area contributed by atoms with Gasteiger partial charge in [0.05, 0.1) is 18.2 Å². The molecule has 2 amide bonds. The first kappa shape index (κ1) is 17.4. The quantitative estimate of drug-likeness (QED) is 0.917. The number of hydrogen-bond donors (Lipinski definition) is 1. The Morgan fingerprint density at radius 1 is 1.43 bits per heavy atom. The van der Waals surface area contributed by atoms with Gasteiger partial charge >= 0.3 is 6.09 Å². The second-order valence-corrected chi connectivity index (χ2v) is 6.91. The van der Waals surface area contributed by atoms with Crippen LogP contribution in [0, 0.1) is 0 Å². The number of rotatable bonds is 3. The highest BCUT2D eigenvalue weighted by atomic mass is 35.5. The van der Waals surface area contributed by atoms with Crippen molar-refractivity contribution in [2.24, 2.45) is 0 Å². The molecule has 0 bridgehead atoms. The molecule has 6 nitrogen and oxygen atoms in total. The number of amides is 2. The number of nitrogens with zero attached hydrogens (tertiary/aromatic N) is 2. The highest BCUT2D eigenvalue weighted by Gasteiger charge is 2.41. The van der Waals surface area contributed by atoms with E-state index in [9.17, 15) is 14.7 Å². The van der Waals surface area contributed by atoms with Gasteiger partial charge in [0, 0.05) is 30.3 Å². The minimum atomic E-state index is -1.02. The first-order valence-corrected chi connectivity index (χ1v) is 7.69. The lowest BCUT2D eigenvalue weighted by molar-refractivity contribution is -0.117. The first-order valence-electron chi connectivity index (χ1n) is 7.31. The third-order valence-electron chi connectivity index (χ3n) is 3.84. The summed E-state index contributed by atoms with van der Waals surface area (Å²) in [6, 6.07) is 4.69. The normalized spacial score (nSPS) is 18.2. The van der Waals surface area contributed by atoms with Gasteiger partial charge in [-0.25, -0.2) is 4.79 Å². The van der Waals surface area contributed by atoms with E-state index in [1.165, 1.54) is 12.0 Å². The molecule has 0 aromatic heterocycles. The summed E-state index contributed by atoms with van der Waals surface area (Å²) in [5.74, 6) is 0.362. The number of ether oxygens (including phenoxy) is 1. The van der Waals surface area contributed by atoms with Crippen LogP contribution < -0.4 is 9.64 Å². The summed E-state index contributed by atoms with van der Waals surface area (Å²) in [7, 11) is 1.51. The van der Waals surface area contributed by atoms with Crippen LogP contribution in [-0.2, 0) is 4.79 Å². The van der Waals surface area contributed by atoms with Crippen LogP contribution in [-0.4, -0.2) is 47.2 Å². The van der Waals surface area contributed by atoms with Crippen molar-refractivity contribution in [2.75, 3.05) is 18.6 Å². The highest BCUT2D eigenvalue weighted by molar-refractivity contribution is 6.32. The molecule has 1 atom stereocenters. The third kappa shape index (κ3) is 3.52. The molecule has 0 aliphatic carbocycles. The van der Waals surface area contributed by atoms with E-state index in [2.05, 4.69) is 0 Å². The largest absolute Gasteiger partial charge is 0.495 e. The smallest absolute Gasteiger partial charge is 0.408 e. The molecule has 1 fully saturated rings. The Morgan fingerprint density at radius 2 is 2.09 bits per heavy atom. The Kier molecular flexibility index (Phi) is 4.75. The van der Waals surface area contributed by atoms with Crippen LogP contribution in [0.4, 0.5) is 10.5 Å². The van der Waals surface area contributed by atoms with Crippen molar-refractivity contribution in [1.29, 1.82) is 0 Å². The topological polar surface area (TPSA) is 70.1 Å². The Balaban J connectivity index is 2.28. The van der Waals surface area contributed by atoms with Gasteiger partial charge in [-0.1, -0.05) is 11.6 Å². The lowest BCUT2D eigenvalue weighted by Gasteiger charge is -2.37. The molecule has 0 saturated carbocycles. The molecule has 1 aliphatic heterocycles. The average Bonchev–Trinajstić information content (AvgIpc) is 2.78. The van der Waals surface area contributed by atoms with Gasteiger partial charge in [0.15, 0.2) is 0 Å². The summed E-state index contributed by atoms with van der Waals surface area (Å²) in [5.41, 5.74) is 0.0720. The number of halogens is 1. The van der Waals surface area contributed by atoms with Crippen LogP contribution in [0.25, 0.3) is 0 Å². The molecule has 1 saturated heterocycles. The fourth-order valence-corrected chi connectivity index (χ4v) is 3.11. The van der Waals surface area contributed by atoms with Crippen molar-refractivity contribution in [2.45, 2.75) is 38.8 Å².